The Labute approximate surface area is 116 Å². The van der Waals surface area contributed by atoms with Gasteiger partial charge in [-0.15, -0.1) is 0 Å². The molecule has 4 unspecified atom stereocenters. The number of fused-ring (bicyclic) bond motifs is 1. The highest BCUT2D eigenvalue weighted by Gasteiger charge is 2.41. The quantitative estimate of drug-likeness (QED) is 0.816. The van der Waals surface area contributed by atoms with E-state index in [2.05, 4.69) is 10.6 Å². The topological polar surface area (TPSA) is 41.1 Å². The number of amides is 2. The molecule has 0 radical (unpaired) electrons. The SMILES string of the molecule is O=C1NC2CCC(F)CC2C(c2ccccc2Cl)N1. The van der Waals surface area contributed by atoms with E-state index in [0.29, 0.717) is 24.3 Å². The Morgan fingerprint density at radius 3 is 2.79 bits per heavy atom. The van der Waals surface area contributed by atoms with Gasteiger partial charge in [-0.05, 0) is 30.9 Å². The number of alkyl halides is 1. The summed E-state index contributed by atoms with van der Waals surface area (Å²) in [6.45, 7) is 0. The van der Waals surface area contributed by atoms with Gasteiger partial charge in [-0.1, -0.05) is 29.8 Å². The average Bonchev–Trinajstić information content (AvgIpc) is 2.39. The summed E-state index contributed by atoms with van der Waals surface area (Å²) in [5, 5.41) is 6.41. The van der Waals surface area contributed by atoms with E-state index in [1.165, 1.54) is 0 Å². The zero-order valence-corrected chi connectivity index (χ0v) is 11.2. The first kappa shape index (κ1) is 12.7. The van der Waals surface area contributed by atoms with Gasteiger partial charge in [-0.2, -0.15) is 0 Å². The molecule has 1 aromatic carbocycles. The van der Waals surface area contributed by atoms with Crippen LogP contribution in [0.25, 0.3) is 0 Å². The molecule has 5 heteroatoms. The molecule has 0 spiro atoms. The van der Waals surface area contributed by atoms with Crippen LogP contribution in [0, 0.1) is 5.92 Å². The van der Waals surface area contributed by atoms with Crippen LogP contribution in [0.1, 0.15) is 30.9 Å². The zero-order valence-electron chi connectivity index (χ0n) is 10.4. The predicted molar refractivity (Wildman–Crippen MR) is 71.9 cm³/mol. The number of carbonyl (C=O) groups is 1. The van der Waals surface area contributed by atoms with Crippen molar-refractivity contribution in [1.82, 2.24) is 10.6 Å². The Balaban J connectivity index is 1.93. The number of urea groups is 1. The van der Waals surface area contributed by atoms with Crippen molar-refractivity contribution in [1.29, 1.82) is 0 Å². The Bertz CT molecular complexity index is 496. The second-order valence-corrected chi connectivity index (χ2v) is 5.70. The highest BCUT2D eigenvalue weighted by Crippen LogP contribution is 2.39. The second kappa shape index (κ2) is 5.00. The Kier molecular flexibility index (Phi) is 3.35. The molecule has 2 aliphatic rings. The fourth-order valence-electron chi connectivity index (χ4n) is 3.19. The number of carbonyl (C=O) groups excluding carboxylic acids is 1. The number of nitrogens with one attached hydrogen (secondary N) is 2. The first-order valence-electron chi connectivity index (χ1n) is 6.60. The summed E-state index contributed by atoms with van der Waals surface area (Å²) in [5.74, 6) is 0.0568. The van der Waals surface area contributed by atoms with Crippen molar-refractivity contribution in [2.45, 2.75) is 37.5 Å². The van der Waals surface area contributed by atoms with Crippen LogP contribution in [-0.2, 0) is 0 Å². The van der Waals surface area contributed by atoms with Crippen LogP contribution in [-0.4, -0.2) is 18.2 Å². The molecule has 1 aromatic rings. The van der Waals surface area contributed by atoms with E-state index in [1.807, 2.05) is 18.2 Å². The van der Waals surface area contributed by atoms with Crippen LogP contribution < -0.4 is 10.6 Å². The molecule has 1 heterocycles. The molecule has 3 rings (SSSR count). The van der Waals surface area contributed by atoms with Gasteiger partial charge < -0.3 is 10.6 Å². The number of benzene rings is 1. The lowest BCUT2D eigenvalue weighted by molar-refractivity contribution is 0.113. The molecule has 2 N–H and O–H groups in total. The van der Waals surface area contributed by atoms with Crippen LogP contribution in [0.15, 0.2) is 24.3 Å². The standard InChI is InChI=1S/C14H16ClFN2O/c15-11-4-2-1-3-9(11)13-10-7-8(16)5-6-12(10)17-14(19)18-13/h1-4,8,10,12-13H,5-7H2,(H2,17,18,19). The summed E-state index contributed by atoms with van der Waals surface area (Å²) in [4.78, 5) is 11.7. The molecule has 3 nitrogen and oxygen atoms in total. The smallest absolute Gasteiger partial charge is 0.315 e. The molecule has 1 saturated carbocycles. The third-order valence-electron chi connectivity index (χ3n) is 4.11. The number of rotatable bonds is 1. The zero-order chi connectivity index (χ0) is 13.4. The maximum atomic E-state index is 13.7. The summed E-state index contributed by atoms with van der Waals surface area (Å²) in [5.41, 5.74) is 0.878. The lowest BCUT2D eigenvalue weighted by atomic mass is 9.75. The van der Waals surface area contributed by atoms with Gasteiger partial charge in [0.15, 0.2) is 0 Å². The Morgan fingerprint density at radius 2 is 2.00 bits per heavy atom. The number of hydrogen-bond donors (Lipinski definition) is 2. The molecule has 0 bridgehead atoms. The van der Waals surface area contributed by atoms with Gasteiger partial charge in [0.1, 0.15) is 6.17 Å². The average molecular weight is 283 g/mol. The van der Waals surface area contributed by atoms with Crippen molar-refractivity contribution >= 4 is 17.6 Å². The predicted octanol–water partition coefficient (Wildman–Crippen LogP) is 3.20. The largest absolute Gasteiger partial charge is 0.335 e. The summed E-state index contributed by atoms with van der Waals surface area (Å²) < 4.78 is 13.7. The molecule has 0 aromatic heterocycles. The van der Waals surface area contributed by atoms with Gasteiger partial charge in [0, 0.05) is 17.0 Å². The third kappa shape index (κ3) is 2.41. The van der Waals surface area contributed by atoms with Gasteiger partial charge in [-0.3, -0.25) is 0 Å². The summed E-state index contributed by atoms with van der Waals surface area (Å²) >= 11 is 6.21. The molecule has 2 amide bonds. The summed E-state index contributed by atoms with van der Waals surface area (Å²) in [6, 6.07) is 7.09. The minimum atomic E-state index is -0.789. The van der Waals surface area contributed by atoms with E-state index in [0.717, 1.165) is 5.56 Å². The third-order valence-corrected chi connectivity index (χ3v) is 4.45. The Hall–Kier alpha value is -1.29. The van der Waals surface area contributed by atoms with Crippen LogP contribution >= 0.6 is 11.6 Å². The monoisotopic (exact) mass is 282 g/mol. The van der Waals surface area contributed by atoms with Gasteiger partial charge in [0.2, 0.25) is 0 Å². The normalized spacial score (nSPS) is 34.1. The fourth-order valence-corrected chi connectivity index (χ4v) is 3.45. The lowest BCUT2D eigenvalue weighted by Crippen LogP contribution is -2.58. The van der Waals surface area contributed by atoms with E-state index < -0.39 is 6.17 Å². The minimum Gasteiger partial charge on any atom is -0.335 e. The van der Waals surface area contributed by atoms with Crippen LogP contribution in [0.5, 0.6) is 0 Å². The molecule has 1 saturated heterocycles. The van der Waals surface area contributed by atoms with E-state index in [-0.39, 0.29) is 24.0 Å². The van der Waals surface area contributed by atoms with E-state index in [4.69, 9.17) is 11.6 Å². The number of hydrogen-bond acceptors (Lipinski definition) is 1. The van der Waals surface area contributed by atoms with E-state index in [9.17, 15) is 9.18 Å². The Morgan fingerprint density at radius 1 is 1.21 bits per heavy atom. The highest BCUT2D eigenvalue weighted by molar-refractivity contribution is 6.31. The highest BCUT2D eigenvalue weighted by atomic mass is 35.5. The van der Waals surface area contributed by atoms with Crippen molar-refractivity contribution < 1.29 is 9.18 Å². The molecule has 1 aliphatic heterocycles. The van der Waals surface area contributed by atoms with Crippen LogP contribution in [0.3, 0.4) is 0 Å². The maximum absolute atomic E-state index is 13.7. The second-order valence-electron chi connectivity index (χ2n) is 5.30. The van der Waals surface area contributed by atoms with Crippen molar-refractivity contribution in [2.24, 2.45) is 5.92 Å². The van der Waals surface area contributed by atoms with Crippen molar-refractivity contribution in [2.75, 3.05) is 0 Å². The maximum Gasteiger partial charge on any atom is 0.315 e. The van der Waals surface area contributed by atoms with Crippen LogP contribution in [0.2, 0.25) is 5.02 Å². The first-order chi connectivity index (χ1) is 9.15. The van der Waals surface area contributed by atoms with Gasteiger partial charge in [0.05, 0.1) is 6.04 Å². The van der Waals surface area contributed by atoms with E-state index >= 15 is 0 Å². The molecule has 1 aliphatic carbocycles. The summed E-state index contributed by atoms with van der Waals surface area (Å²) in [6.07, 6.45) is 0.896. The molecule has 102 valence electrons. The van der Waals surface area contributed by atoms with Gasteiger partial charge >= 0.3 is 6.03 Å². The van der Waals surface area contributed by atoms with Crippen molar-refractivity contribution in [3.8, 4) is 0 Å². The van der Waals surface area contributed by atoms with Crippen molar-refractivity contribution in [3.63, 3.8) is 0 Å². The first-order valence-corrected chi connectivity index (χ1v) is 6.98. The molecular formula is C14H16ClFN2O. The van der Waals surface area contributed by atoms with Crippen molar-refractivity contribution in [3.05, 3.63) is 34.9 Å². The fraction of sp³-hybridized carbons (Fsp3) is 0.500. The minimum absolute atomic E-state index is 0.0435. The number of halogens is 2. The van der Waals surface area contributed by atoms with E-state index in [1.54, 1.807) is 6.07 Å². The molecular weight excluding hydrogens is 267 g/mol. The van der Waals surface area contributed by atoms with Gasteiger partial charge in [-0.25, -0.2) is 9.18 Å². The summed E-state index contributed by atoms with van der Waals surface area (Å²) in [7, 11) is 0. The van der Waals surface area contributed by atoms with Crippen LogP contribution in [0.4, 0.5) is 9.18 Å². The molecule has 19 heavy (non-hydrogen) atoms. The lowest BCUT2D eigenvalue weighted by Gasteiger charge is -2.43. The molecule has 4 atom stereocenters. The van der Waals surface area contributed by atoms with Gasteiger partial charge in [0.25, 0.3) is 0 Å². The molecule has 2 fully saturated rings.